The molecule has 104 valence electrons. The number of pyridine rings is 1. The van der Waals surface area contributed by atoms with E-state index in [0.717, 1.165) is 4.68 Å². The molecule has 2 aromatic rings. The van der Waals surface area contributed by atoms with Crippen molar-refractivity contribution in [3.05, 3.63) is 39.3 Å². The summed E-state index contributed by atoms with van der Waals surface area (Å²) in [6, 6.07) is 3.12. The number of amides is 1. The molecular weight excluding hydrogens is 288 g/mol. The molecule has 2 rings (SSSR count). The average molecular weight is 297 g/mol. The SMILES string of the molecule is Cc1nc([N+](=O)[O-])nn1CC(=O)Nc1ccc(Cl)cn1. The Hall–Kier alpha value is -2.55. The van der Waals surface area contributed by atoms with Gasteiger partial charge in [0, 0.05) is 18.2 Å². The summed E-state index contributed by atoms with van der Waals surface area (Å²) in [5, 5.41) is 17.1. The molecule has 0 spiro atoms. The van der Waals surface area contributed by atoms with Crippen LogP contribution < -0.4 is 5.32 Å². The van der Waals surface area contributed by atoms with Crippen LogP contribution in [-0.4, -0.2) is 30.6 Å². The number of nitro groups is 1. The molecule has 0 unspecified atom stereocenters. The molecule has 0 radical (unpaired) electrons. The predicted octanol–water partition coefficient (Wildman–Crippen LogP) is 1.18. The molecule has 0 aliphatic carbocycles. The van der Waals surface area contributed by atoms with Crippen molar-refractivity contribution in [1.82, 2.24) is 19.7 Å². The lowest BCUT2D eigenvalue weighted by Gasteiger charge is -2.03. The highest BCUT2D eigenvalue weighted by atomic mass is 35.5. The molecule has 0 aliphatic rings. The minimum atomic E-state index is -0.720. The van der Waals surface area contributed by atoms with Gasteiger partial charge >= 0.3 is 5.95 Å². The highest BCUT2D eigenvalue weighted by molar-refractivity contribution is 6.30. The number of nitrogens with zero attached hydrogens (tertiary/aromatic N) is 5. The average Bonchev–Trinajstić information content (AvgIpc) is 2.74. The first-order chi connectivity index (χ1) is 9.45. The van der Waals surface area contributed by atoms with Crippen LogP contribution in [0.5, 0.6) is 0 Å². The fraction of sp³-hybridized carbons (Fsp3) is 0.200. The number of rotatable bonds is 4. The number of nitrogens with one attached hydrogen (secondary N) is 1. The van der Waals surface area contributed by atoms with Crippen LogP contribution in [0.25, 0.3) is 0 Å². The maximum Gasteiger partial charge on any atom is 0.491 e. The van der Waals surface area contributed by atoms with E-state index >= 15 is 0 Å². The van der Waals surface area contributed by atoms with Crippen LogP contribution in [0.2, 0.25) is 5.02 Å². The van der Waals surface area contributed by atoms with Crippen molar-refractivity contribution in [2.45, 2.75) is 13.5 Å². The topological polar surface area (TPSA) is 116 Å². The number of aromatic nitrogens is 4. The van der Waals surface area contributed by atoms with E-state index in [4.69, 9.17) is 11.6 Å². The second-order valence-corrected chi connectivity index (χ2v) is 4.22. The molecule has 0 fully saturated rings. The number of hydrogen-bond donors (Lipinski definition) is 1. The van der Waals surface area contributed by atoms with Crippen LogP contribution in [0.15, 0.2) is 18.3 Å². The third kappa shape index (κ3) is 3.26. The van der Waals surface area contributed by atoms with Gasteiger partial charge in [-0.1, -0.05) is 11.6 Å². The van der Waals surface area contributed by atoms with Crippen molar-refractivity contribution in [2.75, 3.05) is 5.32 Å². The van der Waals surface area contributed by atoms with E-state index in [2.05, 4.69) is 20.4 Å². The van der Waals surface area contributed by atoms with Gasteiger partial charge in [-0.3, -0.25) is 4.79 Å². The van der Waals surface area contributed by atoms with Crippen LogP contribution in [0.3, 0.4) is 0 Å². The molecular formula is C10H9ClN6O3. The van der Waals surface area contributed by atoms with Crippen LogP contribution in [0, 0.1) is 17.0 Å². The summed E-state index contributed by atoms with van der Waals surface area (Å²) in [7, 11) is 0. The summed E-state index contributed by atoms with van der Waals surface area (Å²) in [6.45, 7) is 1.32. The van der Waals surface area contributed by atoms with Gasteiger partial charge in [0.1, 0.15) is 12.4 Å². The molecule has 0 bridgehead atoms. The second kappa shape index (κ2) is 5.61. The van der Waals surface area contributed by atoms with E-state index in [0.29, 0.717) is 10.8 Å². The molecule has 9 nitrogen and oxygen atoms in total. The lowest BCUT2D eigenvalue weighted by molar-refractivity contribution is -0.394. The van der Waals surface area contributed by atoms with Gasteiger partial charge in [-0.25, -0.2) is 4.98 Å². The van der Waals surface area contributed by atoms with Gasteiger partial charge in [-0.15, -0.1) is 0 Å². The van der Waals surface area contributed by atoms with Crippen LogP contribution in [0.4, 0.5) is 11.8 Å². The fourth-order valence-corrected chi connectivity index (χ4v) is 1.51. The normalized spacial score (nSPS) is 10.3. The van der Waals surface area contributed by atoms with E-state index in [9.17, 15) is 14.9 Å². The quantitative estimate of drug-likeness (QED) is 0.669. The van der Waals surface area contributed by atoms with Gasteiger partial charge in [0.25, 0.3) is 0 Å². The molecule has 20 heavy (non-hydrogen) atoms. The zero-order valence-electron chi connectivity index (χ0n) is 10.3. The Morgan fingerprint density at radius 1 is 1.55 bits per heavy atom. The molecule has 0 saturated carbocycles. The highest BCUT2D eigenvalue weighted by Gasteiger charge is 2.20. The summed E-state index contributed by atoms with van der Waals surface area (Å²) < 4.78 is 1.14. The zero-order chi connectivity index (χ0) is 14.7. The van der Waals surface area contributed by atoms with Crippen molar-refractivity contribution < 1.29 is 9.72 Å². The number of hydrogen-bond acceptors (Lipinski definition) is 6. The minimum absolute atomic E-state index is 0.197. The molecule has 0 aliphatic heterocycles. The molecule has 10 heteroatoms. The molecule has 1 amide bonds. The minimum Gasteiger partial charge on any atom is -0.390 e. The number of halogens is 1. The van der Waals surface area contributed by atoms with Crippen molar-refractivity contribution in [3.63, 3.8) is 0 Å². The Labute approximate surface area is 117 Å². The third-order valence-corrected chi connectivity index (χ3v) is 2.52. The van der Waals surface area contributed by atoms with E-state index in [1.807, 2.05) is 0 Å². The first kappa shape index (κ1) is 13.9. The lowest BCUT2D eigenvalue weighted by atomic mass is 10.4. The lowest BCUT2D eigenvalue weighted by Crippen LogP contribution is -2.20. The van der Waals surface area contributed by atoms with Gasteiger partial charge in [0.15, 0.2) is 0 Å². The Morgan fingerprint density at radius 3 is 2.85 bits per heavy atom. The second-order valence-electron chi connectivity index (χ2n) is 3.78. The van der Waals surface area contributed by atoms with Crippen LogP contribution in [0.1, 0.15) is 5.82 Å². The van der Waals surface area contributed by atoms with Gasteiger partial charge in [0.2, 0.25) is 11.7 Å². The van der Waals surface area contributed by atoms with Crippen molar-refractivity contribution >= 4 is 29.3 Å². The highest BCUT2D eigenvalue weighted by Crippen LogP contribution is 2.10. The number of carbonyl (C=O) groups excluding carboxylic acids is 1. The fourth-order valence-electron chi connectivity index (χ4n) is 1.40. The van der Waals surface area contributed by atoms with Crippen LogP contribution >= 0.6 is 11.6 Å². The van der Waals surface area contributed by atoms with Crippen molar-refractivity contribution in [3.8, 4) is 0 Å². The standard InChI is InChI=1S/C10H9ClN6O3/c1-6-13-10(17(19)20)15-16(6)5-9(18)14-8-3-2-7(11)4-12-8/h2-4H,5H2,1H3,(H,12,14,18). The van der Waals surface area contributed by atoms with E-state index < -0.39 is 16.8 Å². The molecule has 2 aromatic heterocycles. The van der Waals surface area contributed by atoms with Crippen molar-refractivity contribution in [2.24, 2.45) is 0 Å². The van der Waals surface area contributed by atoms with E-state index in [1.165, 1.54) is 19.2 Å². The Bertz CT molecular complexity index is 654. The first-order valence-corrected chi connectivity index (χ1v) is 5.81. The van der Waals surface area contributed by atoms with Crippen molar-refractivity contribution in [1.29, 1.82) is 0 Å². The molecule has 1 N–H and O–H groups in total. The predicted molar refractivity (Wildman–Crippen MR) is 69.3 cm³/mol. The van der Waals surface area contributed by atoms with Gasteiger partial charge in [-0.05, 0) is 22.0 Å². The summed E-state index contributed by atoms with van der Waals surface area (Å²) in [6.07, 6.45) is 1.39. The molecule has 0 aromatic carbocycles. The number of aryl methyl sites for hydroxylation is 1. The van der Waals surface area contributed by atoms with Crippen LogP contribution in [-0.2, 0) is 11.3 Å². The Kier molecular flexibility index (Phi) is 3.89. The van der Waals surface area contributed by atoms with Gasteiger partial charge in [-0.2, -0.15) is 4.68 Å². The summed E-state index contributed by atoms with van der Waals surface area (Å²) in [5.41, 5.74) is 0. The van der Waals surface area contributed by atoms with Gasteiger partial charge in [0.05, 0.1) is 5.02 Å². The number of anilines is 1. The maximum atomic E-state index is 11.8. The first-order valence-electron chi connectivity index (χ1n) is 5.43. The Morgan fingerprint density at radius 2 is 2.30 bits per heavy atom. The Balaban J connectivity index is 2.04. The zero-order valence-corrected chi connectivity index (χ0v) is 11.0. The molecule has 2 heterocycles. The number of carbonyl (C=O) groups is 1. The van der Waals surface area contributed by atoms with E-state index in [-0.39, 0.29) is 12.4 Å². The largest absolute Gasteiger partial charge is 0.491 e. The summed E-state index contributed by atoms with van der Waals surface area (Å²) >= 11 is 5.67. The maximum absolute atomic E-state index is 11.8. The molecule has 0 atom stereocenters. The molecule has 0 saturated heterocycles. The third-order valence-electron chi connectivity index (χ3n) is 2.30. The monoisotopic (exact) mass is 296 g/mol. The summed E-state index contributed by atoms with van der Waals surface area (Å²) in [5.74, 6) is -0.370. The van der Waals surface area contributed by atoms with Gasteiger partial charge < -0.3 is 15.4 Å². The van der Waals surface area contributed by atoms with E-state index in [1.54, 1.807) is 6.07 Å². The summed E-state index contributed by atoms with van der Waals surface area (Å²) in [4.78, 5) is 29.1. The smallest absolute Gasteiger partial charge is 0.390 e.